The molecule has 0 N–H and O–H groups in total. The summed E-state index contributed by atoms with van der Waals surface area (Å²) in [4.78, 5) is 11.2. The molecular formula is C28H50N4. The highest BCUT2D eigenvalue weighted by Gasteiger charge is 2.35. The van der Waals surface area contributed by atoms with Gasteiger partial charge in [0.05, 0.1) is 0 Å². The van der Waals surface area contributed by atoms with E-state index in [0.717, 1.165) is 25.6 Å². The number of benzene rings is 1. The van der Waals surface area contributed by atoms with E-state index in [1.807, 2.05) is 0 Å². The van der Waals surface area contributed by atoms with Crippen molar-refractivity contribution in [1.29, 1.82) is 0 Å². The Morgan fingerprint density at radius 1 is 0.688 bits per heavy atom. The van der Waals surface area contributed by atoms with Crippen LogP contribution in [0.15, 0.2) is 24.3 Å². The number of rotatable bonds is 6. The molecule has 0 amide bonds. The monoisotopic (exact) mass is 442 g/mol. The van der Waals surface area contributed by atoms with E-state index in [1.54, 1.807) is 0 Å². The molecule has 1 saturated heterocycles. The Hall–Kier alpha value is -0.940. The first-order valence-electron chi connectivity index (χ1n) is 13.6. The quantitative estimate of drug-likeness (QED) is 0.642. The lowest BCUT2D eigenvalue weighted by Crippen LogP contribution is -2.58. The number of hydrogen-bond acceptors (Lipinski definition) is 4. The van der Waals surface area contributed by atoms with Crippen molar-refractivity contribution >= 4 is 0 Å². The van der Waals surface area contributed by atoms with Crippen LogP contribution in [0.5, 0.6) is 0 Å². The summed E-state index contributed by atoms with van der Waals surface area (Å²) in [5.74, 6) is 0. The fraction of sp³-hybridized carbons (Fsp3) is 0.786. The average molecular weight is 443 g/mol. The molecule has 1 saturated carbocycles. The number of fused-ring (bicyclic) bond motifs is 1. The molecule has 4 heteroatoms. The summed E-state index contributed by atoms with van der Waals surface area (Å²) in [7, 11) is 0. The van der Waals surface area contributed by atoms with Crippen LogP contribution in [0.3, 0.4) is 0 Å². The topological polar surface area (TPSA) is 13.0 Å². The van der Waals surface area contributed by atoms with Crippen LogP contribution in [0.2, 0.25) is 0 Å². The van der Waals surface area contributed by atoms with E-state index in [2.05, 4.69) is 78.5 Å². The Morgan fingerprint density at radius 2 is 1.25 bits per heavy atom. The molecule has 1 aromatic rings. The van der Waals surface area contributed by atoms with Gasteiger partial charge in [-0.3, -0.25) is 14.7 Å². The summed E-state index contributed by atoms with van der Waals surface area (Å²) in [5, 5.41) is 0. The van der Waals surface area contributed by atoms with E-state index < -0.39 is 0 Å². The minimum Gasteiger partial charge on any atom is -0.301 e. The lowest BCUT2D eigenvalue weighted by molar-refractivity contribution is 0.0214. The molecule has 4 nitrogen and oxygen atoms in total. The van der Waals surface area contributed by atoms with E-state index in [4.69, 9.17) is 0 Å². The summed E-state index contributed by atoms with van der Waals surface area (Å²) < 4.78 is 0. The standard InChI is InChI=1S/C28H50N4/c1-6-29-18-20-30(7-2)26(22-25-16-14-24(5)15-17-25)23-32(9-4)28-13-11-10-12-27(28)31(8-3)21-19-29/h14-17,26-28H,6-13,18-23H2,1-5H3. The van der Waals surface area contributed by atoms with Crippen molar-refractivity contribution in [3.63, 3.8) is 0 Å². The molecule has 32 heavy (non-hydrogen) atoms. The smallest absolute Gasteiger partial charge is 0.0264 e. The maximum Gasteiger partial charge on any atom is 0.0264 e. The summed E-state index contributed by atoms with van der Waals surface area (Å²) in [6, 6.07) is 11.3. The van der Waals surface area contributed by atoms with Gasteiger partial charge in [-0.05, 0) is 57.9 Å². The molecule has 3 atom stereocenters. The lowest BCUT2D eigenvalue weighted by Gasteiger charge is -2.47. The molecule has 1 aromatic carbocycles. The van der Waals surface area contributed by atoms with E-state index in [0.29, 0.717) is 12.1 Å². The van der Waals surface area contributed by atoms with Gasteiger partial charge >= 0.3 is 0 Å². The Labute approximate surface area is 198 Å². The third-order valence-corrected chi connectivity index (χ3v) is 8.26. The molecule has 0 aromatic heterocycles. The van der Waals surface area contributed by atoms with Crippen LogP contribution >= 0.6 is 0 Å². The van der Waals surface area contributed by atoms with Crippen molar-refractivity contribution in [1.82, 2.24) is 19.6 Å². The van der Waals surface area contributed by atoms with Crippen molar-refractivity contribution in [2.75, 3.05) is 58.9 Å². The molecule has 0 spiro atoms. The fourth-order valence-electron chi connectivity index (χ4n) is 6.14. The third-order valence-electron chi connectivity index (χ3n) is 8.26. The average Bonchev–Trinajstić information content (AvgIpc) is 2.82. The second kappa shape index (κ2) is 13.1. The van der Waals surface area contributed by atoms with Crippen LogP contribution in [0.25, 0.3) is 0 Å². The SMILES string of the molecule is CCN1CCN(CC)C(Cc2ccc(C)cc2)CN(CC)C2CCCCC2N(CC)CC1. The Bertz CT molecular complexity index is 645. The minimum atomic E-state index is 0.582. The van der Waals surface area contributed by atoms with Crippen LogP contribution < -0.4 is 0 Å². The van der Waals surface area contributed by atoms with Crippen LogP contribution in [0.1, 0.15) is 64.5 Å². The minimum absolute atomic E-state index is 0.582. The first-order chi connectivity index (χ1) is 15.6. The zero-order valence-corrected chi connectivity index (χ0v) is 21.7. The Balaban J connectivity index is 1.89. The molecule has 0 bridgehead atoms. The van der Waals surface area contributed by atoms with Gasteiger partial charge in [0.15, 0.2) is 0 Å². The molecular weight excluding hydrogens is 392 g/mol. The van der Waals surface area contributed by atoms with Crippen LogP contribution in [-0.4, -0.2) is 96.6 Å². The van der Waals surface area contributed by atoms with Gasteiger partial charge in [-0.2, -0.15) is 0 Å². The van der Waals surface area contributed by atoms with Crippen LogP contribution in [0, 0.1) is 6.92 Å². The molecule has 2 aliphatic rings. The van der Waals surface area contributed by atoms with Crippen molar-refractivity contribution in [3.05, 3.63) is 35.4 Å². The van der Waals surface area contributed by atoms with Gasteiger partial charge in [-0.25, -0.2) is 0 Å². The zero-order valence-electron chi connectivity index (χ0n) is 21.7. The molecule has 3 unspecified atom stereocenters. The molecule has 182 valence electrons. The second-order valence-corrected chi connectivity index (χ2v) is 10.0. The highest BCUT2D eigenvalue weighted by molar-refractivity contribution is 5.22. The summed E-state index contributed by atoms with van der Waals surface area (Å²) >= 11 is 0. The number of likely N-dealkylation sites (N-methyl/N-ethyl adjacent to an activating group) is 4. The maximum absolute atomic E-state index is 2.87. The van der Waals surface area contributed by atoms with Crippen LogP contribution in [-0.2, 0) is 6.42 Å². The Kier molecular flexibility index (Phi) is 10.5. The normalized spacial score (nSPS) is 28.1. The first kappa shape index (κ1) is 25.7. The van der Waals surface area contributed by atoms with Crippen molar-refractivity contribution in [2.45, 2.75) is 84.8 Å². The van der Waals surface area contributed by atoms with E-state index >= 15 is 0 Å². The number of hydrogen-bond donors (Lipinski definition) is 0. The fourth-order valence-corrected chi connectivity index (χ4v) is 6.14. The first-order valence-corrected chi connectivity index (χ1v) is 13.6. The van der Waals surface area contributed by atoms with Gasteiger partial charge in [0.1, 0.15) is 0 Å². The molecule has 1 heterocycles. The molecule has 1 aliphatic heterocycles. The van der Waals surface area contributed by atoms with Crippen molar-refractivity contribution in [2.24, 2.45) is 0 Å². The zero-order chi connectivity index (χ0) is 22.9. The van der Waals surface area contributed by atoms with Gasteiger partial charge in [0.25, 0.3) is 0 Å². The highest BCUT2D eigenvalue weighted by atomic mass is 15.3. The van der Waals surface area contributed by atoms with Gasteiger partial charge in [-0.1, -0.05) is 70.4 Å². The van der Waals surface area contributed by atoms with Gasteiger partial charge in [0, 0.05) is 50.8 Å². The van der Waals surface area contributed by atoms with E-state index in [9.17, 15) is 0 Å². The van der Waals surface area contributed by atoms with Crippen LogP contribution in [0.4, 0.5) is 0 Å². The third kappa shape index (κ3) is 6.79. The number of aryl methyl sites for hydroxylation is 1. The largest absolute Gasteiger partial charge is 0.301 e. The van der Waals surface area contributed by atoms with E-state index in [-0.39, 0.29) is 0 Å². The van der Waals surface area contributed by atoms with Gasteiger partial charge in [-0.15, -0.1) is 0 Å². The predicted molar refractivity (Wildman–Crippen MR) is 139 cm³/mol. The van der Waals surface area contributed by atoms with Gasteiger partial charge in [0.2, 0.25) is 0 Å². The molecule has 2 fully saturated rings. The van der Waals surface area contributed by atoms with Crippen molar-refractivity contribution < 1.29 is 0 Å². The summed E-state index contributed by atoms with van der Waals surface area (Å²) in [6.07, 6.45) is 6.71. The lowest BCUT2D eigenvalue weighted by atomic mass is 9.87. The maximum atomic E-state index is 2.87. The molecule has 0 radical (unpaired) electrons. The Morgan fingerprint density at radius 3 is 1.81 bits per heavy atom. The predicted octanol–water partition coefficient (Wildman–Crippen LogP) is 4.52. The van der Waals surface area contributed by atoms with E-state index in [1.165, 1.54) is 82.6 Å². The molecule has 1 aliphatic carbocycles. The van der Waals surface area contributed by atoms with Crippen molar-refractivity contribution in [3.8, 4) is 0 Å². The molecule has 3 rings (SSSR count). The number of nitrogens with zero attached hydrogens (tertiary/aromatic N) is 4. The second-order valence-electron chi connectivity index (χ2n) is 10.0. The summed E-state index contributed by atoms with van der Waals surface area (Å²) in [5.41, 5.74) is 2.85. The van der Waals surface area contributed by atoms with Gasteiger partial charge < -0.3 is 4.90 Å². The summed E-state index contributed by atoms with van der Waals surface area (Å²) in [6.45, 7) is 22.3. The highest BCUT2D eigenvalue weighted by Crippen LogP contribution is 2.28.